The van der Waals surface area contributed by atoms with Gasteiger partial charge in [0.15, 0.2) is 0 Å². The quantitative estimate of drug-likeness (QED) is 0.844. The average molecular weight is 269 g/mol. The van der Waals surface area contributed by atoms with E-state index in [-0.39, 0.29) is 17.5 Å². The number of hydrogen-bond acceptors (Lipinski definition) is 2. The van der Waals surface area contributed by atoms with Crippen molar-refractivity contribution in [3.8, 4) is 0 Å². The molecular weight excluding hydrogens is 255 g/mol. The van der Waals surface area contributed by atoms with Crippen LogP contribution >= 0.6 is 11.6 Å². The molecule has 0 aromatic heterocycles. The summed E-state index contributed by atoms with van der Waals surface area (Å²) in [4.78, 5) is 14.1. The summed E-state index contributed by atoms with van der Waals surface area (Å²) >= 11 is 5.70. The van der Waals surface area contributed by atoms with E-state index < -0.39 is 5.82 Å². The van der Waals surface area contributed by atoms with Crippen LogP contribution in [0.25, 0.3) is 0 Å². The zero-order chi connectivity index (χ0) is 12.7. The normalized spacial score (nSPS) is 26.4. The molecule has 5 heteroatoms. The van der Waals surface area contributed by atoms with Gasteiger partial charge in [0.05, 0.1) is 5.56 Å². The van der Waals surface area contributed by atoms with E-state index in [9.17, 15) is 9.18 Å². The fourth-order valence-corrected chi connectivity index (χ4v) is 3.08. The molecule has 0 saturated carbocycles. The molecule has 1 N–H and O–H groups in total. The van der Waals surface area contributed by atoms with E-state index in [0.29, 0.717) is 10.9 Å². The molecule has 2 fully saturated rings. The monoisotopic (exact) mass is 268 g/mol. The Kier molecular flexibility index (Phi) is 2.99. The van der Waals surface area contributed by atoms with Crippen molar-refractivity contribution in [3.63, 3.8) is 0 Å². The summed E-state index contributed by atoms with van der Waals surface area (Å²) < 4.78 is 13.8. The van der Waals surface area contributed by atoms with Crippen molar-refractivity contribution in [3.05, 3.63) is 34.6 Å². The first-order valence-electron chi connectivity index (χ1n) is 6.13. The Balaban J connectivity index is 1.86. The van der Waals surface area contributed by atoms with Gasteiger partial charge in [-0.3, -0.25) is 4.79 Å². The van der Waals surface area contributed by atoms with Gasteiger partial charge in [-0.1, -0.05) is 11.6 Å². The summed E-state index contributed by atoms with van der Waals surface area (Å²) in [5.41, 5.74) is 0.118. The van der Waals surface area contributed by atoms with Crippen molar-refractivity contribution >= 4 is 17.5 Å². The predicted molar refractivity (Wildman–Crippen MR) is 67.2 cm³/mol. The zero-order valence-electron chi connectivity index (χ0n) is 9.83. The lowest BCUT2D eigenvalue weighted by Crippen LogP contribution is -2.39. The van der Waals surface area contributed by atoms with Crippen molar-refractivity contribution in [2.24, 2.45) is 5.92 Å². The number of benzene rings is 1. The first-order valence-corrected chi connectivity index (χ1v) is 6.51. The first-order chi connectivity index (χ1) is 8.66. The molecule has 2 aliphatic heterocycles. The lowest BCUT2D eigenvalue weighted by Gasteiger charge is -2.23. The van der Waals surface area contributed by atoms with Crippen molar-refractivity contribution in [1.82, 2.24) is 10.2 Å². The third-order valence-corrected chi connectivity index (χ3v) is 4.10. The van der Waals surface area contributed by atoms with E-state index in [1.807, 2.05) is 0 Å². The Morgan fingerprint density at radius 3 is 3.06 bits per heavy atom. The largest absolute Gasteiger partial charge is 0.334 e. The third kappa shape index (κ3) is 1.89. The molecule has 0 spiro atoms. The molecule has 2 saturated heterocycles. The van der Waals surface area contributed by atoms with E-state index >= 15 is 0 Å². The van der Waals surface area contributed by atoms with Crippen LogP contribution in [0.4, 0.5) is 4.39 Å². The zero-order valence-corrected chi connectivity index (χ0v) is 10.6. The van der Waals surface area contributed by atoms with E-state index in [1.54, 1.807) is 11.0 Å². The maximum atomic E-state index is 13.8. The Morgan fingerprint density at radius 2 is 2.28 bits per heavy atom. The highest BCUT2D eigenvalue weighted by atomic mass is 35.5. The highest BCUT2D eigenvalue weighted by Crippen LogP contribution is 2.29. The maximum Gasteiger partial charge on any atom is 0.257 e. The van der Waals surface area contributed by atoms with Gasteiger partial charge in [-0.05, 0) is 30.5 Å². The number of rotatable bonds is 1. The van der Waals surface area contributed by atoms with Crippen LogP contribution in [0.5, 0.6) is 0 Å². The van der Waals surface area contributed by atoms with Crippen LogP contribution in [0, 0.1) is 11.7 Å². The number of fused-ring (bicyclic) bond motifs is 1. The molecule has 2 heterocycles. The molecule has 0 aliphatic carbocycles. The van der Waals surface area contributed by atoms with Crippen LogP contribution in [-0.2, 0) is 0 Å². The molecule has 2 atom stereocenters. The van der Waals surface area contributed by atoms with Gasteiger partial charge >= 0.3 is 0 Å². The molecule has 3 nitrogen and oxygen atoms in total. The molecular formula is C13H14ClFN2O. The average Bonchev–Trinajstić information content (AvgIpc) is 2.89. The molecule has 96 valence electrons. The Bertz CT molecular complexity index is 494. The van der Waals surface area contributed by atoms with E-state index in [0.717, 1.165) is 26.1 Å². The number of carbonyl (C=O) groups excluding carboxylic acids is 1. The van der Waals surface area contributed by atoms with Gasteiger partial charge in [0, 0.05) is 30.7 Å². The summed E-state index contributed by atoms with van der Waals surface area (Å²) in [6, 6.07) is 4.43. The second-order valence-corrected chi connectivity index (χ2v) is 5.33. The van der Waals surface area contributed by atoms with Gasteiger partial charge < -0.3 is 10.2 Å². The molecule has 2 aliphatic rings. The van der Waals surface area contributed by atoms with Crippen LogP contribution in [0.2, 0.25) is 5.02 Å². The van der Waals surface area contributed by atoms with E-state index in [4.69, 9.17) is 11.6 Å². The number of nitrogens with zero attached hydrogens (tertiary/aromatic N) is 1. The van der Waals surface area contributed by atoms with E-state index in [2.05, 4.69) is 5.32 Å². The number of nitrogens with one attached hydrogen (secondary N) is 1. The smallest absolute Gasteiger partial charge is 0.257 e. The Hall–Kier alpha value is -1.13. The minimum atomic E-state index is -0.540. The number of halogens is 2. The summed E-state index contributed by atoms with van der Waals surface area (Å²) in [6.07, 6.45) is 0.999. The van der Waals surface area contributed by atoms with Gasteiger partial charge in [-0.15, -0.1) is 0 Å². The predicted octanol–water partition coefficient (Wildman–Crippen LogP) is 1.91. The molecule has 18 heavy (non-hydrogen) atoms. The summed E-state index contributed by atoms with van der Waals surface area (Å²) in [5.74, 6) is -0.244. The minimum Gasteiger partial charge on any atom is -0.334 e. The lowest BCUT2D eigenvalue weighted by atomic mass is 10.0. The molecule has 0 bridgehead atoms. The minimum absolute atomic E-state index is 0.118. The van der Waals surface area contributed by atoms with Crippen LogP contribution in [0.1, 0.15) is 16.8 Å². The van der Waals surface area contributed by atoms with Crippen LogP contribution < -0.4 is 5.32 Å². The highest BCUT2D eigenvalue weighted by Gasteiger charge is 2.40. The van der Waals surface area contributed by atoms with Gasteiger partial charge in [0.2, 0.25) is 0 Å². The van der Waals surface area contributed by atoms with E-state index in [1.165, 1.54) is 12.1 Å². The molecule has 1 aromatic rings. The topological polar surface area (TPSA) is 32.3 Å². The van der Waals surface area contributed by atoms with Gasteiger partial charge in [-0.2, -0.15) is 0 Å². The van der Waals surface area contributed by atoms with Gasteiger partial charge in [0.1, 0.15) is 5.82 Å². The Labute approximate surface area is 110 Å². The third-order valence-electron chi connectivity index (χ3n) is 3.87. The highest BCUT2D eigenvalue weighted by molar-refractivity contribution is 6.30. The van der Waals surface area contributed by atoms with Crippen molar-refractivity contribution in [2.45, 2.75) is 12.5 Å². The van der Waals surface area contributed by atoms with Crippen molar-refractivity contribution in [2.75, 3.05) is 19.6 Å². The summed E-state index contributed by atoms with van der Waals surface area (Å²) in [7, 11) is 0. The fourth-order valence-electron chi connectivity index (χ4n) is 2.92. The molecule has 1 amide bonds. The molecule has 1 aromatic carbocycles. The summed E-state index contributed by atoms with van der Waals surface area (Å²) in [5, 5.41) is 3.59. The number of carbonyl (C=O) groups is 1. The van der Waals surface area contributed by atoms with Crippen LogP contribution in [0.15, 0.2) is 18.2 Å². The molecule has 0 unspecified atom stereocenters. The maximum absolute atomic E-state index is 13.8. The van der Waals surface area contributed by atoms with Crippen LogP contribution in [0.3, 0.4) is 0 Å². The number of amides is 1. The standard InChI is InChI=1S/C13H14ClFN2O/c14-9-1-2-10(11(15)5-9)13(18)17-4-3-8-6-16-7-12(8)17/h1-2,5,8,12,16H,3-4,6-7H2/t8-,12+/m1/s1. The van der Waals surface area contributed by atoms with Crippen molar-refractivity contribution in [1.29, 1.82) is 0 Å². The number of likely N-dealkylation sites (tertiary alicyclic amines) is 1. The fraction of sp³-hybridized carbons (Fsp3) is 0.462. The SMILES string of the molecule is O=C(c1ccc(Cl)cc1F)N1CC[C@@H]2CNC[C@@H]21. The van der Waals surface area contributed by atoms with Gasteiger partial charge in [0.25, 0.3) is 5.91 Å². The van der Waals surface area contributed by atoms with Gasteiger partial charge in [-0.25, -0.2) is 4.39 Å². The first kappa shape index (κ1) is 11.9. The van der Waals surface area contributed by atoms with Crippen molar-refractivity contribution < 1.29 is 9.18 Å². The summed E-state index contributed by atoms with van der Waals surface area (Å²) in [6.45, 7) is 2.49. The second-order valence-electron chi connectivity index (χ2n) is 4.90. The molecule has 0 radical (unpaired) electrons. The number of hydrogen-bond donors (Lipinski definition) is 1. The molecule has 3 rings (SSSR count). The van der Waals surface area contributed by atoms with Crippen LogP contribution in [-0.4, -0.2) is 36.5 Å². The lowest BCUT2D eigenvalue weighted by molar-refractivity contribution is 0.0732. The second kappa shape index (κ2) is 4.52. The Morgan fingerprint density at radius 1 is 1.44 bits per heavy atom.